The van der Waals surface area contributed by atoms with Crippen LogP contribution in [0.2, 0.25) is 0 Å². The minimum Gasteiger partial charge on any atom is -0.389 e. The van der Waals surface area contributed by atoms with Gasteiger partial charge in [-0.25, -0.2) is 4.98 Å². The predicted molar refractivity (Wildman–Crippen MR) is 162 cm³/mol. The van der Waals surface area contributed by atoms with Gasteiger partial charge in [-0.1, -0.05) is 6.92 Å². The van der Waals surface area contributed by atoms with Gasteiger partial charge in [-0.05, 0) is 52.8 Å². The molecular formula is C29H41N9OS. The number of hydrogen-bond donors (Lipinski definition) is 3. The molecule has 0 aromatic carbocycles. The van der Waals surface area contributed by atoms with Gasteiger partial charge in [-0.15, -0.1) is 11.3 Å². The molecule has 0 radical (unpaired) electrons. The Morgan fingerprint density at radius 1 is 1.23 bits per heavy atom. The fourth-order valence-corrected chi connectivity index (χ4v) is 7.52. The molecule has 2 aliphatic heterocycles. The number of carbonyl (C=O) groups is 1. The lowest BCUT2D eigenvalue weighted by atomic mass is 9.72. The molecule has 214 valence electrons. The number of piperazine rings is 2. The Balaban J connectivity index is 1.46. The average Bonchev–Trinajstić information content (AvgIpc) is 3.29. The normalized spacial score (nSPS) is 23.9. The van der Waals surface area contributed by atoms with Gasteiger partial charge < -0.3 is 30.7 Å². The third kappa shape index (κ3) is 5.28. The fourth-order valence-electron chi connectivity index (χ4n) is 6.32. The number of nitrogens with zero attached hydrogens (tertiary/aromatic N) is 6. The maximum Gasteiger partial charge on any atom is 0.236 e. The highest BCUT2D eigenvalue weighted by Gasteiger charge is 2.43. The average molecular weight is 564 g/mol. The zero-order valence-electron chi connectivity index (χ0n) is 24.1. The van der Waals surface area contributed by atoms with E-state index in [-0.39, 0.29) is 11.7 Å². The van der Waals surface area contributed by atoms with Gasteiger partial charge in [-0.2, -0.15) is 5.26 Å². The lowest BCUT2D eigenvalue weighted by Crippen LogP contribution is -2.52. The van der Waals surface area contributed by atoms with Crippen LogP contribution in [0.15, 0.2) is 12.1 Å². The molecular weight excluding hydrogens is 522 g/mol. The van der Waals surface area contributed by atoms with E-state index in [4.69, 9.17) is 16.1 Å². The number of likely N-dealkylation sites (N-methyl/N-ethyl adjacent to an activating group) is 2. The molecule has 4 heterocycles. The SMILES string of the molecule is CC[C@H]1CN(C)CCN1c1cc(N2CCN(C)CC2)cc(C(=N)NC(=O)C2(C)CCCc3sc(N)c(C#N)c32)n1. The van der Waals surface area contributed by atoms with Crippen molar-refractivity contribution < 1.29 is 4.79 Å². The third-order valence-corrected chi connectivity index (χ3v) is 9.94. The van der Waals surface area contributed by atoms with Gasteiger partial charge in [0.25, 0.3) is 0 Å². The maximum atomic E-state index is 13.8. The van der Waals surface area contributed by atoms with Crippen LogP contribution in [-0.2, 0) is 16.6 Å². The van der Waals surface area contributed by atoms with E-state index < -0.39 is 5.41 Å². The lowest BCUT2D eigenvalue weighted by molar-refractivity contribution is -0.125. The Kier molecular flexibility index (Phi) is 8.04. The molecule has 0 spiro atoms. The molecule has 2 fully saturated rings. The Bertz CT molecular complexity index is 1330. The number of nitrogens with one attached hydrogen (secondary N) is 2. The van der Waals surface area contributed by atoms with E-state index in [2.05, 4.69) is 58.1 Å². The van der Waals surface area contributed by atoms with E-state index >= 15 is 0 Å². The Hall–Kier alpha value is -3.20. The molecule has 1 amide bonds. The minimum atomic E-state index is -0.929. The minimum absolute atomic E-state index is 0.0144. The summed E-state index contributed by atoms with van der Waals surface area (Å²) in [4.78, 5) is 29.2. The van der Waals surface area contributed by atoms with Gasteiger partial charge in [0.05, 0.1) is 11.0 Å². The summed E-state index contributed by atoms with van der Waals surface area (Å²) in [6.07, 6.45) is 3.25. The van der Waals surface area contributed by atoms with E-state index in [9.17, 15) is 10.1 Å². The molecule has 1 aliphatic carbocycles. The van der Waals surface area contributed by atoms with Crippen molar-refractivity contribution in [2.75, 3.05) is 75.4 Å². The number of anilines is 3. The maximum absolute atomic E-state index is 13.8. The largest absolute Gasteiger partial charge is 0.389 e. The zero-order chi connectivity index (χ0) is 28.6. The second-order valence-electron chi connectivity index (χ2n) is 11.6. The Morgan fingerprint density at radius 2 is 1.95 bits per heavy atom. The van der Waals surface area contributed by atoms with E-state index in [1.807, 2.05) is 13.0 Å². The van der Waals surface area contributed by atoms with Crippen molar-refractivity contribution in [1.82, 2.24) is 20.1 Å². The highest BCUT2D eigenvalue weighted by molar-refractivity contribution is 7.16. The Morgan fingerprint density at radius 3 is 2.65 bits per heavy atom. The van der Waals surface area contributed by atoms with Gasteiger partial charge in [0.15, 0.2) is 5.84 Å². The number of hydrogen-bond acceptors (Lipinski definition) is 10. The number of aromatic nitrogens is 1. The second-order valence-corrected chi connectivity index (χ2v) is 12.8. The van der Waals surface area contributed by atoms with Crippen molar-refractivity contribution in [2.24, 2.45) is 0 Å². The number of carbonyl (C=O) groups excluding carboxylic acids is 1. The van der Waals surface area contributed by atoms with Gasteiger partial charge in [0.1, 0.15) is 22.6 Å². The topological polar surface area (TPSA) is 129 Å². The number of amides is 1. The van der Waals surface area contributed by atoms with E-state index in [0.29, 0.717) is 28.7 Å². The lowest BCUT2D eigenvalue weighted by Gasteiger charge is -2.41. The monoisotopic (exact) mass is 563 g/mol. The zero-order valence-corrected chi connectivity index (χ0v) is 24.9. The smallest absolute Gasteiger partial charge is 0.236 e. The van der Waals surface area contributed by atoms with Crippen molar-refractivity contribution in [3.63, 3.8) is 0 Å². The van der Waals surface area contributed by atoms with E-state index in [1.165, 1.54) is 11.3 Å². The second kappa shape index (κ2) is 11.4. The molecule has 2 aromatic heterocycles. The molecule has 5 rings (SSSR count). The number of rotatable bonds is 5. The molecule has 1 unspecified atom stereocenters. The summed E-state index contributed by atoms with van der Waals surface area (Å²) >= 11 is 1.41. The van der Waals surface area contributed by atoms with Gasteiger partial charge in [-0.3, -0.25) is 10.2 Å². The number of thiophene rings is 1. The molecule has 2 atom stereocenters. The van der Waals surface area contributed by atoms with Crippen molar-refractivity contribution in [3.8, 4) is 6.07 Å². The van der Waals surface area contributed by atoms with Crippen molar-refractivity contribution >= 4 is 39.6 Å². The molecule has 0 bridgehead atoms. The van der Waals surface area contributed by atoms with Crippen molar-refractivity contribution in [3.05, 3.63) is 33.8 Å². The molecule has 2 aromatic rings. The number of amidine groups is 1. The summed E-state index contributed by atoms with van der Waals surface area (Å²) in [5.74, 6) is 0.556. The highest BCUT2D eigenvalue weighted by Crippen LogP contribution is 2.45. The van der Waals surface area contributed by atoms with Gasteiger partial charge >= 0.3 is 0 Å². The van der Waals surface area contributed by atoms with Crippen LogP contribution in [0.5, 0.6) is 0 Å². The highest BCUT2D eigenvalue weighted by atomic mass is 32.1. The Labute approximate surface area is 241 Å². The van der Waals surface area contributed by atoms with Crippen LogP contribution in [0, 0.1) is 16.7 Å². The molecule has 4 N–H and O–H groups in total. The van der Waals surface area contributed by atoms with E-state index in [0.717, 1.165) is 87.0 Å². The van der Waals surface area contributed by atoms with Crippen molar-refractivity contribution in [2.45, 2.75) is 51.0 Å². The molecule has 0 saturated carbocycles. The summed E-state index contributed by atoms with van der Waals surface area (Å²) in [6.45, 7) is 10.6. The first-order valence-corrected chi connectivity index (χ1v) is 15.1. The molecule has 40 heavy (non-hydrogen) atoms. The molecule has 2 saturated heterocycles. The summed E-state index contributed by atoms with van der Waals surface area (Å²) < 4.78 is 0. The number of pyridine rings is 1. The van der Waals surface area contributed by atoms with Crippen LogP contribution in [0.1, 0.15) is 54.8 Å². The van der Waals surface area contributed by atoms with Crippen LogP contribution >= 0.6 is 11.3 Å². The number of fused-ring (bicyclic) bond motifs is 1. The van der Waals surface area contributed by atoms with Crippen LogP contribution < -0.4 is 20.9 Å². The summed E-state index contributed by atoms with van der Waals surface area (Å²) in [7, 11) is 4.29. The van der Waals surface area contributed by atoms with Gasteiger partial charge in [0, 0.05) is 74.0 Å². The van der Waals surface area contributed by atoms with Crippen LogP contribution in [0.25, 0.3) is 0 Å². The first-order valence-electron chi connectivity index (χ1n) is 14.3. The van der Waals surface area contributed by atoms with Crippen LogP contribution in [0.3, 0.4) is 0 Å². The fraction of sp³-hybridized carbons (Fsp3) is 0.586. The first kappa shape index (κ1) is 28.3. The molecule has 11 heteroatoms. The van der Waals surface area contributed by atoms with Crippen LogP contribution in [-0.4, -0.2) is 92.5 Å². The third-order valence-electron chi connectivity index (χ3n) is 8.86. The van der Waals surface area contributed by atoms with Crippen molar-refractivity contribution in [1.29, 1.82) is 10.7 Å². The number of nitriles is 1. The molecule has 3 aliphatic rings. The summed E-state index contributed by atoms with van der Waals surface area (Å²) in [5.41, 5.74) is 7.85. The van der Waals surface area contributed by atoms with E-state index in [1.54, 1.807) is 0 Å². The van der Waals surface area contributed by atoms with Crippen LogP contribution in [0.4, 0.5) is 16.5 Å². The standard InChI is InChI=1S/C29H41N9OS/c1-5-19-18-36(4)11-14-38(19)24-16-20(37-12-9-35(3)10-13-37)15-22(33-24)26(31)34-28(39)29(2)8-6-7-23-25(29)21(17-30)27(32)40-23/h15-16,19H,5-14,18,32H2,1-4H3,(H2,31,34,39)/t19-,29?/m0/s1. The molecule has 10 nitrogen and oxygen atoms in total. The quantitative estimate of drug-likeness (QED) is 0.374. The first-order chi connectivity index (χ1) is 19.1. The number of nitrogens with two attached hydrogens (primary N) is 1. The summed E-state index contributed by atoms with van der Waals surface area (Å²) in [6, 6.07) is 6.65. The predicted octanol–water partition coefficient (Wildman–Crippen LogP) is 2.61. The number of aryl methyl sites for hydroxylation is 1. The summed E-state index contributed by atoms with van der Waals surface area (Å²) in [5, 5.41) is 22.2. The van der Waals surface area contributed by atoms with Gasteiger partial charge in [0.2, 0.25) is 5.91 Å². The number of nitrogen functional groups attached to an aromatic ring is 1.